The normalized spacial score (nSPS) is 10.5. The van der Waals surface area contributed by atoms with E-state index in [1.807, 2.05) is 12.1 Å². The van der Waals surface area contributed by atoms with Gasteiger partial charge >= 0.3 is 5.97 Å². The smallest absolute Gasteiger partial charge is 0.314 e. The molecule has 0 spiro atoms. The van der Waals surface area contributed by atoms with Crippen molar-refractivity contribution in [1.29, 1.82) is 0 Å². The number of ether oxygens (including phenoxy) is 1. The van der Waals surface area contributed by atoms with Crippen molar-refractivity contribution >= 4 is 33.0 Å². The number of carbonyl (C=O) groups excluding carboxylic acids is 1. The van der Waals surface area contributed by atoms with Gasteiger partial charge in [-0.1, -0.05) is 15.9 Å². The van der Waals surface area contributed by atoms with Crippen molar-refractivity contribution in [3.05, 3.63) is 28.6 Å². The lowest BCUT2D eigenvalue weighted by Gasteiger charge is -1.92. The average molecular weight is 270 g/mol. The maximum Gasteiger partial charge on any atom is 0.314 e. The van der Waals surface area contributed by atoms with Gasteiger partial charge in [0.15, 0.2) is 5.58 Å². The molecule has 5 heteroatoms. The number of nitrogens with zero attached hydrogens (tertiary/aromatic N) is 1. The molecule has 0 N–H and O–H groups in total. The molecule has 78 valence electrons. The van der Waals surface area contributed by atoms with Gasteiger partial charge < -0.3 is 9.15 Å². The average Bonchev–Trinajstić information content (AvgIpc) is 2.59. The minimum atomic E-state index is -0.361. The number of methoxy groups -OCH3 is 1. The zero-order valence-electron chi connectivity index (χ0n) is 7.99. The highest BCUT2D eigenvalue weighted by molar-refractivity contribution is 9.10. The fourth-order valence-corrected chi connectivity index (χ4v) is 1.57. The van der Waals surface area contributed by atoms with E-state index in [1.165, 1.54) is 7.11 Å². The van der Waals surface area contributed by atoms with Crippen LogP contribution in [0.3, 0.4) is 0 Å². The maximum atomic E-state index is 11.0. The Hall–Kier alpha value is -1.36. The Morgan fingerprint density at radius 3 is 3.13 bits per heavy atom. The molecule has 0 saturated heterocycles. The van der Waals surface area contributed by atoms with E-state index in [0.717, 1.165) is 9.99 Å². The molecule has 0 aliphatic carbocycles. The monoisotopic (exact) mass is 269 g/mol. The second-order valence-corrected chi connectivity index (χ2v) is 3.89. The van der Waals surface area contributed by atoms with Crippen molar-refractivity contribution in [2.75, 3.05) is 7.11 Å². The van der Waals surface area contributed by atoms with Crippen LogP contribution in [0.15, 0.2) is 27.1 Å². The summed E-state index contributed by atoms with van der Waals surface area (Å²) in [6.07, 6.45) is 0.0583. The molecule has 0 aliphatic rings. The van der Waals surface area contributed by atoms with E-state index < -0.39 is 0 Å². The summed E-state index contributed by atoms with van der Waals surface area (Å²) in [5.74, 6) is 0.00979. The van der Waals surface area contributed by atoms with Gasteiger partial charge in [0, 0.05) is 4.47 Å². The predicted octanol–water partition coefficient (Wildman–Crippen LogP) is 2.31. The number of rotatable bonds is 2. The van der Waals surface area contributed by atoms with Crippen LogP contribution in [0, 0.1) is 0 Å². The van der Waals surface area contributed by atoms with Gasteiger partial charge in [-0.2, -0.15) is 0 Å². The molecule has 0 atom stereocenters. The molecule has 0 bridgehead atoms. The molecule has 2 rings (SSSR count). The number of esters is 1. The van der Waals surface area contributed by atoms with E-state index in [4.69, 9.17) is 4.42 Å². The van der Waals surface area contributed by atoms with Gasteiger partial charge in [0.05, 0.1) is 7.11 Å². The third kappa shape index (κ3) is 2.18. The summed E-state index contributed by atoms with van der Waals surface area (Å²) in [4.78, 5) is 15.2. The molecule has 0 unspecified atom stereocenters. The van der Waals surface area contributed by atoms with E-state index in [9.17, 15) is 4.79 Å². The summed E-state index contributed by atoms with van der Waals surface area (Å²) in [6.45, 7) is 0. The van der Waals surface area contributed by atoms with Gasteiger partial charge in [-0.15, -0.1) is 0 Å². The molecule has 0 aliphatic heterocycles. The first-order valence-electron chi connectivity index (χ1n) is 4.31. The summed E-state index contributed by atoms with van der Waals surface area (Å²) in [5, 5.41) is 0. The van der Waals surface area contributed by atoms with Gasteiger partial charge in [-0.3, -0.25) is 4.79 Å². The summed E-state index contributed by atoms with van der Waals surface area (Å²) in [6, 6.07) is 5.49. The summed E-state index contributed by atoms with van der Waals surface area (Å²) in [7, 11) is 1.33. The molecule has 4 nitrogen and oxygen atoms in total. The first-order valence-corrected chi connectivity index (χ1v) is 5.10. The Morgan fingerprint density at radius 1 is 1.60 bits per heavy atom. The number of hydrogen-bond acceptors (Lipinski definition) is 4. The maximum absolute atomic E-state index is 11.0. The molecule has 0 radical (unpaired) electrons. The second kappa shape index (κ2) is 4.02. The largest absolute Gasteiger partial charge is 0.469 e. The quantitative estimate of drug-likeness (QED) is 0.786. The highest BCUT2D eigenvalue weighted by Crippen LogP contribution is 2.20. The van der Waals surface area contributed by atoms with Crippen molar-refractivity contribution in [3.8, 4) is 0 Å². The molecule has 0 amide bonds. The van der Waals surface area contributed by atoms with Gasteiger partial charge in [-0.25, -0.2) is 4.98 Å². The van der Waals surface area contributed by atoms with Crippen molar-refractivity contribution < 1.29 is 13.9 Å². The van der Waals surface area contributed by atoms with Crippen LogP contribution in [0.1, 0.15) is 5.89 Å². The van der Waals surface area contributed by atoms with E-state index in [2.05, 4.69) is 25.7 Å². The Balaban J connectivity index is 2.34. The Labute approximate surface area is 94.4 Å². The Morgan fingerprint density at radius 2 is 2.40 bits per heavy atom. The zero-order valence-corrected chi connectivity index (χ0v) is 9.58. The molecule has 2 aromatic rings. The first kappa shape index (κ1) is 10.2. The number of hydrogen-bond donors (Lipinski definition) is 0. The number of benzene rings is 1. The van der Waals surface area contributed by atoms with Crippen LogP contribution in [0.4, 0.5) is 0 Å². The van der Waals surface area contributed by atoms with Crippen molar-refractivity contribution in [2.45, 2.75) is 6.42 Å². The predicted molar refractivity (Wildman–Crippen MR) is 57.4 cm³/mol. The number of carbonyl (C=O) groups is 1. The van der Waals surface area contributed by atoms with Gasteiger partial charge in [0.1, 0.15) is 11.9 Å². The number of halogens is 1. The van der Waals surface area contributed by atoms with Crippen molar-refractivity contribution in [1.82, 2.24) is 4.98 Å². The van der Waals surface area contributed by atoms with Crippen LogP contribution in [0.2, 0.25) is 0 Å². The first-order chi connectivity index (χ1) is 7.19. The summed E-state index contributed by atoms with van der Waals surface area (Å²) >= 11 is 3.33. The van der Waals surface area contributed by atoms with Crippen LogP contribution >= 0.6 is 15.9 Å². The van der Waals surface area contributed by atoms with Gasteiger partial charge in [0.2, 0.25) is 5.89 Å². The minimum Gasteiger partial charge on any atom is -0.469 e. The van der Waals surface area contributed by atoms with Crippen LogP contribution in [0.5, 0.6) is 0 Å². The second-order valence-electron chi connectivity index (χ2n) is 2.97. The third-order valence-electron chi connectivity index (χ3n) is 1.92. The molecule has 1 aromatic heterocycles. The topological polar surface area (TPSA) is 52.3 Å². The highest BCUT2D eigenvalue weighted by Gasteiger charge is 2.10. The van der Waals surface area contributed by atoms with Crippen LogP contribution < -0.4 is 0 Å². The molecule has 0 fully saturated rings. The molecular formula is C10H8BrNO3. The Kier molecular flexibility index (Phi) is 2.73. The van der Waals surface area contributed by atoms with Crippen LogP contribution in [-0.2, 0) is 16.0 Å². The molecule has 1 aromatic carbocycles. The number of aromatic nitrogens is 1. The lowest BCUT2D eigenvalue weighted by Crippen LogP contribution is -2.04. The SMILES string of the molecule is COC(=O)Cc1nc2cc(Br)ccc2o1. The number of oxazole rings is 1. The van der Waals surface area contributed by atoms with Crippen LogP contribution in [0.25, 0.3) is 11.1 Å². The Bertz CT molecular complexity index is 506. The standard InChI is InChI=1S/C10H8BrNO3/c1-14-10(13)5-9-12-7-4-6(11)2-3-8(7)15-9/h2-4H,5H2,1H3. The molecule has 15 heavy (non-hydrogen) atoms. The summed E-state index contributed by atoms with van der Waals surface area (Å²) < 4.78 is 10.8. The fraction of sp³-hybridized carbons (Fsp3) is 0.200. The third-order valence-corrected chi connectivity index (χ3v) is 2.41. The van der Waals surface area contributed by atoms with Crippen LogP contribution in [-0.4, -0.2) is 18.1 Å². The molecular weight excluding hydrogens is 262 g/mol. The lowest BCUT2D eigenvalue weighted by atomic mass is 10.3. The molecule has 0 saturated carbocycles. The lowest BCUT2D eigenvalue weighted by molar-refractivity contribution is -0.140. The summed E-state index contributed by atoms with van der Waals surface area (Å²) in [5.41, 5.74) is 1.39. The number of fused-ring (bicyclic) bond motifs is 1. The zero-order chi connectivity index (χ0) is 10.8. The highest BCUT2D eigenvalue weighted by atomic mass is 79.9. The van der Waals surface area contributed by atoms with E-state index >= 15 is 0 Å². The van der Waals surface area contributed by atoms with Crippen molar-refractivity contribution in [2.24, 2.45) is 0 Å². The fourth-order valence-electron chi connectivity index (χ4n) is 1.22. The minimum absolute atomic E-state index is 0.0583. The van der Waals surface area contributed by atoms with Gasteiger partial charge in [-0.05, 0) is 18.2 Å². The van der Waals surface area contributed by atoms with E-state index in [0.29, 0.717) is 11.5 Å². The molecule has 1 heterocycles. The van der Waals surface area contributed by atoms with E-state index in [-0.39, 0.29) is 12.4 Å². The van der Waals surface area contributed by atoms with E-state index in [1.54, 1.807) is 6.07 Å². The van der Waals surface area contributed by atoms with Crippen molar-refractivity contribution in [3.63, 3.8) is 0 Å². The van der Waals surface area contributed by atoms with Gasteiger partial charge in [0.25, 0.3) is 0 Å².